The molecule has 0 saturated carbocycles. The number of carbonyl (C=O) groups is 2. The van der Waals surface area contributed by atoms with E-state index in [2.05, 4.69) is 10.2 Å². The third-order valence-corrected chi connectivity index (χ3v) is 4.47. The van der Waals surface area contributed by atoms with Gasteiger partial charge in [0.2, 0.25) is 0 Å². The first-order valence-electron chi connectivity index (χ1n) is 7.36. The van der Waals surface area contributed by atoms with Gasteiger partial charge in [0.05, 0.1) is 5.92 Å². The molecule has 0 aromatic rings. The summed E-state index contributed by atoms with van der Waals surface area (Å²) in [5, 5.41) is 12.2. The van der Waals surface area contributed by atoms with Crippen LogP contribution in [-0.2, 0) is 4.79 Å². The highest BCUT2D eigenvalue weighted by molar-refractivity contribution is 5.79. The number of amides is 2. The minimum Gasteiger partial charge on any atom is -0.481 e. The normalized spacial score (nSPS) is 29.8. The molecule has 6 nitrogen and oxygen atoms in total. The summed E-state index contributed by atoms with van der Waals surface area (Å²) >= 11 is 0. The molecule has 4 atom stereocenters. The molecule has 4 unspecified atom stereocenters. The van der Waals surface area contributed by atoms with Crippen molar-refractivity contribution in [3.8, 4) is 0 Å². The zero-order chi connectivity index (χ0) is 14.9. The van der Waals surface area contributed by atoms with E-state index in [-0.39, 0.29) is 30.1 Å². The van der Waals surface area contributed by atoms with Crippen LogP contribution in [0.25, 0.3) is 0 Å². The monoisotopic (exact) mass is 283 g/mol. The molecule has 20 heavy (non-hydrogen) atoms. The van der Waals surface area contributed by atoms with E-state index >= 15 is 0 Å². The van der Waals surface area contributed by atoms with Crippen molar-refractivity contribution in [3.63, 3.8) is 0 Å². The molecule has 0 radical (unpaired) electrons. The van der Waals surface area contributed by atoms with Gasteiger partial charge < -0.3 is 20.2 Å². The fraction of sp³-hybridized carbons (Fsp3) is 0.857. The number of carbonyl (C=O) groups excluding carboxylic acids is 1. The Labute approximate surface area is 120 Å². The number of carboxylic acid groups (broad SMARTS) is 1. The van der Waals surface area contributed by atoms with Crippen LogP contribution in [0.5, 0.6) is 0 Å². The molecule has 2 rings (SSSR count). The highest BCUT2D eigenvalue weighted by Crippen LogP contribution is 2.41. The lowest BCUT2D eigenvalue weighted by atomic mass is 9.89. The molecule has 114 valence electrons. The van der Waals surface area contributed by atoms with Crippen LogP contribution in [0.4, 0.5) is 4.79 Å². The lowest BCUT2D eigenvalue weighted by Gasteiger charge is -2.26. The quantitative estimate of drug-likeness (QED) is 0.788. The Hall–Kier alpha value is -1.30. The lowest BCUT2D eigenvalue weighted by molar-refractivity contribution is -0.142. The van der Waals surface area contributed by atoms with Crippen LogP contribution in [0.15, 0.2) is 0 Å². The fourth-order valence-electron chi connectivity index (χ4n) is 3.38. The number of fused-ring (bicyclic) bond motifs is 2. The highest BCUT2D eigenvalue weighted by atomic mass is 16.4. The Morgan fingerprint density at radius 1 is 1.40 bits per heavy atom. The molecule has 2 saturated heterocycles. The van der Waals surface area contributed by atoms with Gasteiger partial charge in [-0.25, -0.2) is 4.79 Å². The predicted octanol–water partition coefficient (Wildman–Crippen LogP) is 0.974. The van der Waals surface area contributed by atoms with Gasteiger partial charge in [-0.3, -0.25) is 4.79 Å². The average Bonchev–Trinajstić information content (AvgIpc) is 2.93. The number of aliphatic carboxylic acids is 1. The average molecular weight is 283 g/mol. The van der Waals surface area contributed by atoms with Crippen molar-refractivity contribution >= 4 is 12.0 Å². The first-order chi connectivity index (χ1) is 9.40. The molecular weight excluding hydrogens is 258 g/mol. The van der Waals surface area contributed by atoms with Gasteiger partial charge in [-0.05, 0) is 53.2 Å². The van der Waals surface area contributed by atoms with Crippen LogP contribution in [-0.4, -0.2) is 65.7 Å². The summed E-state index contributed by atoms with van der Waals surface area (Å²) in [5.74, 6) is -1.15. The van der Waals surface area contributed by atoms with Crippen LogP contribution in [0, 0.1) is 5.92 Å². The number of hydrogen-bond acceptors (Lipinski definition) is 3. The molecule has 0 aromatic heterocycles. The van der Waals surface area contributed by atoms with Gasteiger partial charge in [0.25, 0.3) is 0 Å². The van der Waals surface area contributed by atoms with Gasteiger partial charge in [-0.1, -0.05) is 0 Å². The second kappa shape index (κ2) is 5.99. The molecule has 0 spiro atoms. The zero-order valence-electron chi connectivity index (χ0n) is 12.5. The summed E-state index contributed by atoms with van der Waals surface area (Å²) in [5.41, 5.74) is 0. The number of carboxylic acids is 1. The van der Waals surface area contributed by atoms with Crippen molar-refractivity contribution in [1.29, 1.82) is 0 Å². The standard InChI is InChI=1S/C14H25N3O3/c1-9(6-7-16(2)3)15-14(20)17-10-4-5-12(17)11(8-10)13(18)19/h9-12H,4-8H2,1-3H3,(H,15,20)(H,18,19). The maximum atomic E-state index is 12.3. The van der Waals surface area contributed by atoms with Crippen molar-refractivity contribution in [2.45, 2.75) is 50.7 Å². The Bertz CT molecular complexity index is 386. The highest BCUT2D eigenvalue weighted by Gasteiger charge is 2.51. The van der Waals surface area contributed by atoms with E-state index in [1.807, 2.05) is 21.0 Å². The third kappa shape index (κ3) is 3.06. The van der Waals surface area contributed by atoms with Crippen LogP contribution >= 0.6 is 0 Å². The molecule has 2 N–H and O–H groups in total. The van der Waals surface area contributed by atoms with Gasteiger partial charge >= 0.3 is 12.0 Å². The summed E-state index contributed by atoms with van der Waals surface area (Å²) in [7, 11) is 4.01. The summed E-state index contributed by atoms with van der Waals surface area (Å²) in [6.45, 7) is 2.92. The molecule has 2 fully saturated rings. The first-order valence-corrected chi connectivity index (χ1v) is 7.36. The molecule has 2 aliphatic rings. The second-order valence-corrected chi connectivity index (χ2v) is 6.33. The van der Waals surface area contributed by atoms with Crippen LogP contribution in [0.1, 0.15) is 32.6 Å². The lowest BCUT2D eigenvalue weighted by Crippen LogP contribution is -2.47. The summed E-state index contributed by atoms with van der Waals surface area (Å²) < 4.78 is 0. The van der Waals surface area contributed by atoms with E-state index in [0.717, 1.165) is 25.8 Å². The fourth-order valence-corrected chi connectivity index (χ4v) is 3.38. The van der Waals surface area contributed by atoms with E-state index in [4.69, 9.17) is 0 Å². The molecule has 2 amide bonds. The maximum absolute atomic E-state index is 12.3. The van der Waals surface area contributed by atoms with Gasteiger partial charge in [0, 0.05) is 18.1 Å². The third-order valence-electron chi connectivity index (χ3n) is 4.47. The Balaban J connectivity index is 1.89. The topological polar surface area (TPSA) is 72.9 Å². The van der Waals surface area contributed by atoms with E-state index < -0.39 is 5.97 Å². The van der Waals surface area contributed by atoms with E-state index in [1.54, 1.807) is 4.90 Å². The largest absolute Gasteiger partial charge is 0.481 e. The van der Waals surface area contributed by atoms with Crippen molar-refractivity contribution in [2.24, 2.45) is 5.92 Å². The SMILES string of the molecule is CC(CCN(C)C)NC(=O)N1C2CCC1C(C(=O)O)C2. The summed E-state index contributed by atoms with van der Waals surface area (Å²) in [4.78, 5) is 27.4. The number of nitrogens with zero attached hydrogens (tertiary/aromatic N) is 2. The molecule has 0 aliphatic carbocycles. The molecule has 2 aliphatic heterocycles. The molecule has 0 aromatic carbocycles. The van der Waals surface area contributed by atoms with E-state index in [1.165, 1.54) is 0 Å². The summed E-state index contributed by atoms with van der Waals surface area (Å²) in [6, 6.07) is 0.0152. The Morgan fingerprint density at radius 2 is 2.10 bits per heavy atom. The predicted molar refractivity (Wildman–Crippen MR) is 75.6 cm³/mol. The maximum Gasteiger partial charge on any atom is 0.318 e. The second-order valence-electron chi connectivity index (χ2n) is 6.33. The van der Waals surface area contributed by atoms with Gasteiger partial charge in [-0.15, -0.1) is 0 Å². The summed E-state index contributed by atoms with van der Waals surface area (Å²) in [6.07, 6.45) is 3.26. The molecular formula is C14H25N3O3. The molecule has 2 bridgehead atoms. The Morgan fingerprint density at radius 3 is 2.65 bits per heavy atom. The number of urea groups is 1. The van der Waals surface area contributed by atoms with E-state index in [0.29, 0.717) is 6.42 Å². The van der Waals surface area contributed by atoms with Gasteiger partial charge in [0.15, 0.2) is 0 Å². The van der Waals surface area contributed by atoms with Crippen molar-refractivity contribution in [2.75, 3.05) is 20.6 Å². The zero-order valence-corrected chi connectivity index (χ0v) is 12.5. The number of hydrogen-bond donors (Lipinski definition) is 2. The van der Waals surface area contributed by atoms with Gasteiger partial charge in [-0.2, -0.15) is 0 Å². The van der Waals surface area contributed by atoms with E-state index in [9.17, 15) is 14.7 Å². The first kappa shape index (κ1) is 15.1. The van der Waals surface area contributed by atoms with Gasteiger partial charge in [0.1, 0.15) is 0 Å². The number of rotatable bonds is 5. The van der Waals surface area contributed by atoms with Crippen molar-refractivity contribution in [3.05, 3.63) is 0 Å². The molecule has 2 heterocycles. The van der Waals surface area contributed by atoms with Crippen LogP contribution in [0.3, 0.4) is 0 Å². The number of nitrogens with one attached hydrogen (secondary N) is 1. The van der Waals surface area contributed by atoms with Crippen LogP contribution < -0.4 is 5.32 Å². The minimum absolute atomic E-state index is 0.0903. The van der Waals surface area contributed by atoms with Crippen molar-refractivity contribution in [1.82, 2.24) is 15.1 Å². The Kier molecular flexibility index (Phi) is 4.52. The molecule has 6 heteroatoms. The van der Waals surface area contributed by atoms with Crippen LogP contribution in [0.2, 0.25) is 0 Å². The smallest absolute Gasteiger partial charge is 0.318 e. The van der Waals surface area contributed by atoms with Crippen molar-refractivity contribution < 1.29 is 14.7 Å². The minimum atomic E-state index is -0.768.